The lowest BCUT2D eigenvalue weighted by Gasteiger charge is -2.06. The third-order valence-corrected chi connectivity index (χ3v) is 2.86. The van der Waals surface area contributed by atoms with Crippen molar-refractivity contribution in [3.63, 3.8) is 0 Å². The highest BCUT2D eigenvalue weighted by Gasteiger charge is 2.16. The molecule has 0 atom stereocenters. The lowest BCUT2D eigenvalue weighted by atomic mass is 10.2. The van der Waals surface area contributed by atoms with Crippen LogP contribution in [0.1, 0.15) is 5.56 Å². The minimum atomic E-state index is 0.432. The van der Waals surface area contributed by atoms with Gasteiger partial charge in [-0.25, -0.2) is 0 Å². The van der Waals surface area contributed by atoms with Gasteiger partial charge in [0.05, 0.1) is 0 Å². The smallest absolute Gasteiger partial charge is 0.223 e. The van der Waals surface area contributed by atoms with Crippen molar-refractivity contribution in [2.45, 2.75) is 6.92 Å². The van der Waals surface area contributed by atoms with Crippen LogP contribution >= 0.6 is 0 Å². The predicted molar refractivity (Wildman–Crippen MR) is 70.5 cm³/mol. The highest BCUT2D eigenvalue weighted by molar-refractivity contribution is 5.48. The van der Waals surface area contributed by atoms with Crippen LogP contribution in [0.15, 0.2) is 54.9 Å². The normalized spacial score (nSPS) is 10.6. The maximum absolute atomic E-state index is 12.2. The van der Waals surface area contributed by atoms with Gasteiger partial charge in [0, 0.05) is 11.3 Å². The quantitative estimate of drug-likeness (QED) is 0.517. The van der Waals surface area contributed by atoms with Crippen molar-refractivity contribution < 1.29 is 4.85 Å². The van der Waals surface area contributed by atoms with E-state index >= 15 is 0 Å². The molecule has 0 saturated carbocycles. The monoisotopic (exact) mass is 252 g/mol. The molecule has 5 heteroatoms. The van der Waals surface area contributed by atoms with E-state index in [9.17, 15) is 5.21 Å². The summed E-state index contributed by atoms with van der Waals surface area (Å²) in [4.78, 5) is 6.21. The van der Waals surface area contributed by atoms with E-state index in [4.69, 9.17) is 0 Å². The molecule has 0 amide bonds. The van der Waals surface area contributed by atoms with Gasteiger partial charge in [-0.05, 0) is 36.0 Å². The minimum Gasteiger partial charge on any atom is -0.692 e. The van der Waals surface area contributed by atoms with Crippen molar-refractivity contribution in [3.8, 4) is 17.1 Å². The van der Waals surface area contributed by atoms with E-state index in [2.05, 4.69) is 10.1 Å². The van der Waals surface area contributed by atoms with Crippen LogP contribution in [-0.2, 0) is 0 Å². The molecule has 1 aromatic carbocycles. The number of rotatable bonds is 2. The van der Waals surface area contributed by atoms with E-state index in [1.807, 2.05) is 43.3 Å². The fourth-order valence-electron chi connectivity index (χ4n) is 1.84. The van der Waals surface area contributed by atoms with Crippen LogP contribution in [0.4, 0.5) is 0 Å². The molecular formula is C14H12N4O. The topological polar surface area (TPSA) is 57.7 Å². The van der Waals surface area contributed by atoms with Gasteiger partial charge in [0.2, 0.25) is 11.9 Å². The van der Waals surface area contributed by atoms with Crippen molar-refractivity contribution in [2.24, 2.45) is 0 Å². The van der Waals surface area contributed by atoms with Crippen molar-refractivity contribution in [1.82, 2.24) is 14.9 Å². The Bertz CT molecular complexity index is 689. The van der Waals surface area contributed by atoms with Gasteiger partial charge in [-0.2, -0.15) is 0 Å². The molecule has 2 aromatic heterocycles. The molecule has 0 saturated heterocycles. The third-order valence-electron chi connectivity index (χ3n) is 2.86. The van der Waals surface area contributed by atoms with Crippen molar-refractivity contribution in [2.75, 3.05) is 0 Å². The Morgan fingerprint density at radius 1 is 1.11 bits per heavy atom. The maximum Gasteiger partial charge on any atom is 0.223 e. The van der Waals surface area contributed by atoms with E-state index < -0.39 is 0 Å². The molecule has 3 aromatic rings. The number of hydrogen-bond acceptors (Lipinski definition) is 3. The molecular weight excluding hydrogens is 240 g/mol. The number of aryl methyl sites for hydroxylation is 1. The summed E-state index contributed by atoms with van der Waals surface area (Å²) < 4.78 is 0. The van der Waals surface area contributed by atoms with Crippen LogP contribution < -0.4 is 4.85 Å². The zero-order chi connectivity index (χ0) is 13.2. The van der Waals surface area contributed by atoms with Gasteiger partial charge in [0.15, 0.2) is 0 Å². The van der Waals surface area contributed by atoms with E-state index in [1.54, 1.807) is 12.3 Å². The number of aromatic nitrogens is 4. The van der Waals surface area contributed by atoms with Crippen LogP contribution in [-0.4, -0.2) is 14.9 Å². The van der Waals surface area contributed by atoms with E-state index in [0.29, 0.717) is 11.4 Å². The Morgan fingerprint density at radius 2 is 1.89 bits per heavy atom. The van der Waals surface area contributed by atoms with Crippen LogP contribution in [0, 0.1) is 12.1 Å². The Balaban J connectivity index is 2.06. The van der Waals surface area contributed by atoms with Crippen LogP contribution in [0.3, 0.4) is 0 Å². The molecule has 0 spiro atoms. The summed E-state index contributed by atoms with van der Waals surface area (Å²) >= 11 is 0. The second-order valence-corrected chi connectivity index (χ2v) is 4.24. The fraction of sp³-hybridized carbons (Fsp3) is 0.0714. The highest BCUT2D eigenvalue weighted by atomic mass is 16.5. The molecule has 0 N–H and O–H groups in total. The first-order valence-electron chi connectivity index (χ1n) is 5.92. The zero-order valence-electron chi connectivity index (χ0n) is 10.4. The first kappa shape index (κ1) is 11.4. The van der Waals surface area contributed by atoms with Gasteiger partial charge in [-0.1, -0.05) is 23.8 Å². The van der Waals surface area contributed by atoms with Crippen LogP contribution in [0.5, 0.6) is 0 Å². The molecule has 2 heterocycles. The lowest BCUT2D eigenvalue weighted by Crippen LogP contribution is -2.38. The first-order valence-corrected chi connectivity index (χ1v) is 5.92. The summed E-state index contributed by atoms with van der Waals surface area (Å²) in [5, 5.41) is 16.4. The Hall–Kier alpha value is -2.69. The van der Waals surface area contributed by atoms with Gasteiger partial charge in [0.1, 0.15) is 11.4 Å². The number of hydrogen-bond donors (Lipinski definition) is 0. The maximum atomic E-state index is 12.2. The van der Waals surface area contributed by atoms with Crippen molar-refractivity contribution in [3.05, 3.63) is 65.6 Å². The van der Waals surface area contributed by atoms with Gasteiger partial charge in [-0.3, -0.25) is 4.98 Å². The number of pyridine rings is 1. The summed E-state index contributed by atoms with van der Waals surface area (Å²) in [7, 11) is 0. The summed E-state index contributed by atoms with van der Waals surface area (Å²) in [5.74, 6) is 0. The third kappa shape index (κ3) is 2.06. The first-order chi connectivity index (χ1) is 9.25. The molecule has 0 aliphatic rings. The van der Waals surface area contributed by atoms with Gasteiger partial charge < -0.3 is 5.21 Å². The average molecular weight is 252 g/mol. The van der Waals surface area contributed by atoms with Crippen LogP contribution in [0.25, 0.3) is 17.1 Å². The molecule has 94 valence electrons. The fourth-order valence-corrected chi connectivity index (χ4v) is 1.84. The number of nitrogens with zero attached hydrogens (tertiary/aromatic N) is 4. The largest absolute Gasteiger partial charge is 0.692 e. The van der Waals surface area contributed by atoms with Gasteiger partial charge in [0.25, 0.3) is 0 Å². The summed E-state index contributed by atoms with van der Waals surface area (Å²) in [6.07, 6.45) is 3.17. The molecule has 19 heavy (non-hydrogen) atoms. The molecule has 0 unspecified atom stereocenters. The summed E-state index contributed by atoms with van der Waals surface area (Å²) in [6, 6.07) is 13.0. The van der Waals surface area contributed by atoms with E-state index in [1.165, 1.54) is 11.0 Å². The van der Waals surface area contributed by atoms with Crippen molar-refractivity contribution >= 4 is 0 Å². The Labute approximate surface area is 110 Å². The van der Waals surface area contributed by atoms with Gasteiger partial charge >= 0.3 is 0 Å². The standard InChI is InChI=1S/C14H12N4O/c1-11-5-7-12(8-6-11)17-16-10-14(18(17)19)13-4-2-3-9-15-13/h2-10H,1H3. The molecule has 3 rings (SSSR count). The minimum absolute atomic E-state index is 0.432. The second kappa shape index (κ2) is 4.53. The van der Waals surface area contributed by atoms with Crippen molar-refractivity contribution in [1.29, 1.82) is 0 Å². The molecule has 5 nitrogen and oxygen atoms in total. The molecule has 0 fully saturated rings. The zero-order valence-corrected chi connectivity index (χ0v) is 10.4. The van der Waals surface area contributed by atoms with Gasteiger partial charge in [-0.15, -0.1) is 4.85 Å². The number of benzene rings is 1. The second-order valence-electron chi connectivity index (χ2n) is 4.24. The van der Waals surface area contributed by atoms with Crippen LogP contribution in [0.2, 0.25) is 0 Å². The van der Waals surface area contributed by atoms with E-state index in [0.717, 1.165) is 16.1 Å². The summed E-state index contributed by atoms with van der Waals surface area (Å²) in [5.41, 5.74) is 2.90. The highest BCUT2D eigenvalue weighted by Crippen LogP contribution is 2.12. The molecule has 0 radical (unpaired) electrons. The molecule has 0 bridgehead atoms. The van der Waals surface area contributed by atoms with E-state index in [-0.39, 0.29) is 0 Å². The lowest BCUT2D eigenvalue weighted by molar-refractivity contribution is -0.678. The SMILES string of the molecule is Cc1ccc(-n2ncc(-c3ccccn3)[n+]2[O-])cc1. The predicted octanol–water partition coefficient (Wildman–Crippen LogP) is 1.88. The Morgan fingerprint density at radius 3 is 2.58 bits per heavy atom. The summed E-state index contributed by atoms with van der Waals surface area (Å²) in [6.45, 7) is 2.00. The molecule has 0 aliphatic carbocycles. The average Bonchev–Trinajstić information content (AvgIpc) is 2.83. The Kier molecular flexibility index (Phi) is 2.72. The molecule has 0 aliphatic heterocycles.